The van der Waals surface area contributed by atoms with Crippen molar-refractivity contribution in [3.63, 3.8) is 0 Å². The number of carbonyl (C=O) groups excluding carboxylic acids is 5. The topological polar surface area (TPSA) is 152 Å². The Bertz CT molecular complexity index is 1090. The van der Waals surface area contributed by atoms with Gasteiger partial charge in [0.15, 0.2) is 11.7 Å². The summed E-state index contributed by atoms with van der Waals surface area (Å²) < 4.78 is 28.6. The van der Waals surface area contributed by atoms with Crippen LogP contribution in [-0.2, 0) is 47.7 Å². The molecule has 0 radical (unpaired) electrons. The minimum atomic E-state index is -2.10. The van der Waals surface area contributed by atoms with Crippen LogP contribution in [0.3, 0.4) is 0 Å². The van der Waals surface area contributed by atoms with Gasteiger partial charge in [-0.3, -0.25) is 24.0 Å². The second kappa shape index (κ2) is 11.1. The lowest BCUT2D eigenvalue weighted by atomic mass is 9.54. The van der Waals surface area contributed by atoms with Gasteiger partial charge >= 0.3 is 29.8 Å². The molecule has 3 aliphatic rings. The van der Waals surface area contributed by atoms with E-state index in [2.05, 4.69) is 6.58 Å². The second-order valence-electron chi connectivity index (χ2n) is 11.0. The van der Waals surface area contributed by atoms with Crippen LogP contribution in [0.15, 0.2) is 23.8 Å². The lowest BCUT2D eigenvalue weighted by Gasteiger charge is -2.56. The van der Waals surface area contributed by atoms with E-state index < -0.39 is 83.2 Å². The van der Waals surface area contributed by atoms with E-state index in [0.717, 1.165) is 12.5 Å². The van der Waals surface area contributed by atoms with Crippen molar-refractivity contribution in [1.29, 1.82) is 0 Å². The van der Waals surface area contributed by atoms with E-state index in [-0.39, 0.29) is 18.4 Å². The van der Waals surface area contributed by atoms with Crippen LogP contribution in [0.4, 0.5) is 0 Å². The maximum absolute atomic E-state index is 12.8. The highest BCUT2D eigenvalue weighted by Gasteiger charge is 2.68. The fraction of sp³-hybridized carbons (Fsp3) is 0.679. The third-order valence-corrected chi connectivity index (χ3v) is 8.26. The van der Waals surface area contributed by atoms with Crippen LogP contribution in [-0.4, -0.2) is 71.1 Å². The summed E-state index contributed by atoms with van der Waals surface area (Å²) in [6.45, 7) is 14.0. The fourth-order valence-electron chi connectivity index (χ4n) is 6.37. The number of allylic oxidation sites excluding steroid dienone is 1. The molecule has 11 heteroatoms. The highest BCUT2D eigenvalue weighted by atomic mass is 16.6. The molecule has 3 rings (SSSR count). The lowest BCUT2D eigenvalue weighted by molar-refractivity contribution is -0.226. The predicted octanol–water partition coefficient (Wildman–Crippen LogP) is 2.33. The Labute approximate surface area is 227 Å². The molecule has 0 aromatic carbocycles. The molecule has 0 amide bonds. The SMILES string of the molecule is C=C1[C@@H](OC(C)=O)C[C@H](OC(C)=O)[C@]2(C)[C@@H](OC(C)=O)CC/C(C)=C\[C@@H]3OC(=O)[C@H](C)[C@@]3(O)[C@@H](OC(C)=O)[C@@H]12. The highest BCUT2D eigenvalue weighted by Crippen LogP contribution is 2.56. The average Bonchev–Trinajstić information content (AvgIpc) is 3.01. The maximum atomic E-state index is 12.8. The molecule has 2 aliphatic carbocycles. The molecule has 0 aromatic rings. The minimum absolute atomic E-state index is 0.0167. The van der Waals surface area contributed by atoms with Crippen LogP contribution < -0.4 is 0 Å². The van der Waals surface area contributed by atoms with Gasteiger partial charge in [0.2, 0.25) is 0 Å². The first kappa shape index (κ1) is 30.3. The van der Waals surface area contributed by atoms with Crippen LogP contribution in [0.1, 0.15) is 67.7 Å². The molecule has 1 saturated carbocycles. The van der Waals surface area contributed by atoms with Crippen molar-refractivity contribution in [3.8, 4) is 0 Å². The van der Waals surface area contributed by atoms with Crippen LogP contribution >= 0.6 is 0 Å². The highest BCUT2D eigenvalue weighted by molar-refractivity contribution is 5.78. The molecule has 0 aromatic heterocycles. The third kappa shape index (κ3) is 5.59. The summed E-state index contributed by atoms with van der Waals surface area (Å²) in [5.74, 6) is -5.61. The summed E-state index contributed by atoms with van der Waals surface area (Å²) in [6, 6.07) is 0. The Morgan fingerprint density at radius 2 is 1.51 bits per heavy atom. The van der Waals surface area contributed by atoms with Gasteiger partial charge in [-0.25, -0.2) is 0 Å². The van der Waals surface area contributed by atoms with Gasteiger partial charge in [-0.2, -0.15) is 0 Å². The number of hydrogen-bond acceptors (Lipinski definition) is 11. The maximum Gasteiger partial charge on any atom is 0.312 e. The van der Waals surface area contributed by atoms with Crippen LogP contribution in [0.5, 0.6) is 0 Å². The van der Waals surface area contributed by atoms with Gasteiger partial charge in [-0.15, -0.1) is 0 Å². The predicted molar refractivity (Wildman–Crippen MR) is 135 cm³/mol. The summed E-state index contributed by atoms with van der Waals surface area (Å²) in [6.07, 6.45) is -3.42. The Morgan fingerprint density at radius 3 is 2.05 bits per heavy atom. The first-order valence-corrected chi connectivity index (χ1v) is 13.0. The monoisotopic (exact) mass is 550 g/mol. The third-order valence-electron chi connectivity index (χ3n) is 8.26. The molecule has 0 spiro atoms. The van der Waals surface area contributed by atoms with Gasteiger partial charge in [0.1, 0.15) is 24.4 Å². The average molecular weight is 551 g/mol. The molecule has 1 aliphatic heterocycles. The number of esters is 5. The second-order valence-corrected chi connectivity index (χ2v) is 11.0. The number of fused-ring (bicyclic) bond motifs is 2. The van der Waals surface area contributed by atoms with Crippen molar-refractivity contribution in [3.05, 3.63) is 23.8 Å². The molecule has 216 valence electrons. The number of rotatable bonds is 4. The van der Waals surface area contributed by atoms with Crippen molar-refractivity contribution in [2.45, 2.75) is 104 Å². The molecule has 1 N–H and O–H groups in total. The van der Waals surface area contributed by atoms with E-state index >= 15 is 0 Å². The van der Waals surface area contributed by atoms with Gasteiger partial charge in [0.05, 0.1) is 11.3 Å². The van der Waals surface area contributed by atoms with E-state index in [1.54, 1.807) is 19.9 Å². The fourth-order valence-corrected chi connectivity index (χ4v) is 6.37. The van der Waals surface area contributed by atoms with Crippen molar-refractivity contribution in [2.75, 3.05) is 0 Å². The van der Waals surface area contributed by atoms with E-state index in [1.807, 2.05) is 0 Å². The zero-order valence-corrected chi connectivity index (χ0v) is 23.5. The van der Waals surface area contributed by atoms with Crippen molar-refractivity contribution in [1.82, 2.24) is 0 Å². The van der Waals surface area contributed by atoms with E-state index in [4.69, 9.17) is 23.7 Å². The molecule has 1 heterocycles. The van der Waals surface area contributed by atoms with Gasteiger partial charge in [0, 0.05) is 40.0 Å². The number of ether oxygens (including phenoxy) is 5. The van der Waals surface area contributed by atoms with E-state index in [1.165, 1.54) is 27.7 Å². The van der Waals surface area contributed by atoms with Crippen molar-refractivity contribution in [2.24, 2.45) is 17.3 Å². The van der Waals surface area contributed by atoms with Gasteiger partial charge in [-0.05, 0) is 38.3 Å². The molecule has 1 saturated heterocycles. The standard InChI is InChI=1S/C28H38O11/c1-13-9-10-21(36-17(5)30)27(8)22(37-18(6)31)12-20(35-16(4)29)14(2)24(27)25(38-19(7)32)28(34)15(3)26(33)39-23(28)11-13/h11,15,20-25,34H,2,9-10,12H2,1,3-8H3/b13-11-/t15-,20-,21-,22-,23-,24+,25-,27-,28-/m0/s1. The van der Waals surface area contributed by atoms with E-state index in [0.29, 0.717) is 6.42 Å². The molecular weight excluding hydrogens is 512 g/mol. The summed E-state index contributed by atoms with van der Waals surface area (Å²) in [5.41, 5.74) is -2.47. The summed E-state index contributed by atoms with van der Waals surface area (Å²) >= 11 is 0. The smallest absolute Gasteiger partial charge is 0.312 e. The first-order valence-electron chi connectivity index (χ1n) is 13.0. The number of aliphatic hydroxyl groups is 1. The zero-order valence-electron chi connectivity index (χ0n) is 23.5. The van der Waals surface area contributed by atoms with Gasteiger partial charge < -0.3 is 28.8 Å². The number of carbonyl (C=O) groups is 5. The summed E-state index contributed by atoms with van der Waals surface area (Å²) in [7, 11) is 0. The van der Waals surface area contributed by atoms with Gasteiger partial charge in [-0.1, -0.05) is 19.1 Å². The molecule has 0 unspecified atom stereocenters. The minimum Gasteiger partial charge on any atom is -0.462 e. The molecule has 9 atom stereocenters. The van der Waals surface area contributed by atoms with Crippen molar-refractivity contribution >= 4 is 29.8 Å². The summed E-state index contributed by atoms with van der Waals surface area (Å²) in [5, 5.41) is 12.3. The van der Waals surface area contributed by atoms with E-state index in [9.17, 15) is 29.1 Å². The Kier molecular flexibility index (Phi) is 8.64. The molecule has 39 heavy (non-hydrogen) atoms. The Morgan fingerprint density at radius 1 is 0.974 bits per heavy atom. The Hall–Kier alpha value is -3.21. The van der Waals surface area contributed by atoms with Gasteiger partial charge in [0.25, 0.3) is 0 Å². The lowest BCUT2D eigenvalue weighted by Crippen LogP contribution is -2.67. The summed E-state index contributed by atoms with van der Waals surface area (Å²) in [4.78, 5) is 62.1. The Balaban J connectivity index is 2.40. The van der Waals surface area contributed by atoms with Crippen molar-refractivity contribution < 1.29 is 52.8 Å². The van der Waals surface area contributed by atoms with Crippen LogP contribution in [0.2, 0.25) is 0 Å². The zero-order chi connectivity index (χ0) is 29.4. The molecule has 0 bridgehead atoms. The van der Waals surface area contributed by atoms with Crippen LogP contribution in [0.25, 0.3) is 0 Å². The molecular formula is C28H38O11. The van der Waals surface area contributed by atoms with Crippen LogP contribution in [0, 0.1) is 17.3 Å². The largest absolute Gasteiger partial charge is 0.462 e. The first-order chi connectivity index (χ1) is 18.0. The molecule has 2 fully saturated rings. The number of hydrogen-bond donors (Lipinski definition) is 1. The quantitative estimate of drug-likeness (QED) is 0.312. The molecule has 11 nitrogen and oxygen atoms in total. The normalized spacial score (nSPS) is 39.6.